The fourth-order valence-corrected chi connectivity index (χ4v) is 1.94. The van der Waals surface area contributed by atoms with Crippen molar-refractivity contribution in [3.63, 3.8) is 0 Å². The minimum absolute atomic E-state index is 0.608. The molecule has 2 rings (SSSR count). The summed E-state index contributed by atoms with van der Waals surface area (Å²) in [6.07, 6.45) is 6.42. The average Bonchev–Trinajstić information content (AvgIpc) is 3.02. The van der Waals surface area contributed by atoms with Crippen molar-refractivity contribution in [3.8, 4) is 0 Å². The Morgan fingerprint density at radius 1 is 0.929 bits per heavy atom. The maximum atomic E-state index is 5.23. The highest BCUT2D eigenvalue weighted by Crippen LogP contribution is 2.27. The van der Waals surface area contributed by atoms with E-state index in [9.17, 15) is 0 Å². The summed E-state index contributed by atoms with van der Waals surface area (Å²) in [6.45, 7) is 6.77. The van der Waals surface area contributed by atoms with E-state index in [4.69, 9.17) is 9.47 Å². The maximum absolute atomic E-state index is 5.23. The van der Waals surface area contributed by atoms with E-state index in [0.29, 0.717) is 12.2 Å². The van der Waals surface area contributed by atoms with Crippen LogP contribution in [0.1, 0.15) is 39.5 Å². The van der Waals surface area contributed by atoms with Crippen molar-refractivity contribution in [1.82, 2.24) is 0 Å². The van der Waals surface area contributed by atoms with E-state index in [-0.39, 0.29) is 0 Å². The van der Waals surface area contributed by atoms with E-state index in [2.05, 4.69) is 13.8 Å². The highest BCUT2D eigenvalue weighted by molar-refractivity contribution is 4.74. The molecular weight excluding hydrogens is 176 g/mol. The standard InChI is InChI=1S/C12H22O2/c1-9(3-5-11-7-13-11)10(2)4-6-12-8-14-12/h9-12H,3-8H2,1-2H3. The van der Waals surface area contributed by atoms with Gasteiger partial charge in [0.25, 0.3) is 0 Å². The van der Waals surface area contributed by atoms with Gasteiger partial charge >= 0.3 is 0 Å². The molecule has 0 aromatic rings. The molecule has 0 N–H and O–H groups in total. The molecule has 2 nitrogen and oxygen atoms in total. The molecule has 0 amide bonds. The first-order valence-electron chi connectivity index (χ1n) is 5.99. The van der Waals surface area contributed by atoms with Gasteiger partial charge in [-0.2, -0.15) is 0 Å². The van der Waals surface area contributed by atoms with Crippen molar-refractivity contribution in [2.24, 2.45) is 11.8 Å². The Morgan fingerprint density at radius 3 is 1.57 bits per heavy atom. The van der Waals surface area contributed by atoms with E-state index in [1.54, 1.807) is 0 Å². The molecule has 0 radical (unpaired) electrons. The minimum Gasteiger partial charge on any atom is -0.373 e. The van der Waals surface area contributed by atoms with Crippen LogP contribution in [-0.2, 0) is 9.47 Å². The molecule has 14 heavy (non-hydrogen) atoms. The van der Waals surface area contributed by atoms with Gasteiger partial charge in [0.05, 0.1) is 25.4 Å². The Hall–Kier alpha value is -0.0800. The summed E-state index contributed by atoms with van der Waals surface area (Å²) in [5.41, 5.74) is 0. The zero-order chi connectivity index (χ0) is 9.97. The Balaban J connectivity index is 1.53. The van der Waals surface area contributed by atoms with Crippen LogP contribution in [0.3, 0.4) is 0 Å². The van der Waals surface area contributed by atoms with Crippen molar-refractivity contribution in [1.29, 1.82) is 0 Å². The zero-order valence-corrected chi connectivity index (χ0v) is 9.37. The van der Waals surface area contributed by atoms with Gasteiger partial charge in [-0.15, -0.1) is 0 Å². The first kappa shape index (κ1) is 10.4. The second-order valence-corrected chi connectivity index (χ2v) is 5.02. The molecule has 2 aliphatic rings. The molecule has 0 spiro atoms. The lowest BCUT2D eigenvalue weighted by atomic mass is 9.87. The van der Waals surface area contributed by atoms with Crippen LogP contribution in [0.25, 0.3) is 0 Å². The monoisotopic (exact) mass is 198 g/mol. The quantitative estimate of drug-likeness (QED) is 0.587. The minimum atomic E-state index is 0.608. The molecule has 2 saturated heterocycles. The van der Waals surface area contributed by atoms with Crippen LogP contribution < -0.4 is 0 Å². The molecule has 2 heterocycles. The summed E-state index contributed by atoms with van der Waals surface area (Å²) in [5.74, 6) is 1.69. The molecular formula is C12H22O2. The summed E-state index contributed by atoms with van der Waals surface area (Å²) in [5, 5.41) is 0. The summed E-state index contributed by atoms with van der Waals surface area (Å²) in [4.78, 5) is 0. The molecule has 0 aromatic carbocycles. The summed E-state index contributed by atoms with van der Waals surface area (Å²) < 4.78 is 10.5. The van der Waals surface area contributed by atoms with E-state index in [0.717, 1.165) is 25.0 Å². The van der Waals surface area contributed by atoms with Gasteiger partial charge < -0.3 is 9.47 Å². The highest BCUT2D eigenvalue weighted by atomic mass is 16.6. The van der Waals surface area contributed by atoms with Crippen molar-refractivity contribution < 1.29 is 9.47 Å². The molecule has 0 aromatic heterocycles. The Kier molecular flexibility index (Phi) is 3.45. The SMILES string of the molecule is CC(CCC1CO1)C(C)CCC1CO1. The third-order valence-electron chi connectivity index (χ3n) is 3.66. The maximum Gasteiger partial charge on any atom is 0.0810 e. The second-order valence-electron chi connectivity index (χ2n) is 5.02. The van der Waals surface area contributed by atoms with Crippen LogP contribution >= 0.6 is 0 Å². The molecule has 0 saturated carbocycles. The van der Waals surface area contributed by atoms with Gasteiger partial charge in [0.15, 0.2) is 0 Å². The number of ether oxygens (including phenoxy) is 2. The van der Waals surface area contributed by atoms with Gasteiger partial charge in [-0.3, -0.25) is 0 Å². The normalized spacial score (nSPS) is 33.9. The van der Waals surface area contributed by atoms with Crippen LogP contribution in [0.4, 0.5) is 0 Å². The highest BCUT2D eigenvalue weighted by Gasteiger charge is 2.26. The van der Waals surface area contributed by atoms with Crippen LogP contribution in [0.2, 0.25) is 0 Å². The van der Waals surface area contributed by atoms with E-state index in [1.807, 2.05) is 0 Å². The van der Waals surface area contributed by atoms with Crippen molar-refractivity contribution >= 4 is 0 Å². The molecule has 2 heteroatoms. The van der Waals surface area contributed by atoms with Gasteiger partial charge in [0, 0.05) is 0 Å². The zero-order valence-electron chi connectivity index (χ0n) is 9.37. The Labute approximate surface area is 87.0 Å². The fraction of sp³-hybridized carbons (Fsp3) is 1.00. The number of epoxide rings is 2. The summed E-state index contributed by atoms with van der Waals surface area (Å²) in [6, 6.07) is 0. The van der Waals surface area contributed by atoms with Crippen molar-refractivity contribution in [3.05, 3.63) is 0 Å². The average molecular weight is 198 g/mol. The molecule has 4 atom stereocenters. The molecule has 4 unspecified atom stereocenters. The number of hydrogen-bond donors (Lipinski definition) is 0. The van der Waals surface area contributed by atoms with Crippen molar-refractivity contribution in [2.45, 2.75) is 51.7 Å². The predicted octanol–water partition coefficient (Wildman–Crippen LogP) is 2.62. The van der Waals surface area contributed by atoms with E-state index in [1.165, 1.54) is 25.7 Å². The summed E-state index contributed by atoms with van der Waals surface area (Å²) in [7, 11) is 0. The van der Waals surface area contributed by atoms with Crippen LogP contribution in [0.5, 0.6) is 0 Å². The lowest BCUT2D eigenvalue weighted by Gasteiger charge is -2.18. The Bertz CT molecular complexity index is 153. The van der Waals surface area contributed by atoms with Gasteiger partial charge in [-0.05, 0) is 37.5 Å². The van der Waals surface area contributed by atoms with Crippen LogP contribution in [0, 0.1) is 11.8 Å². The number of rotatable bonds is 7. The van der Waals surface area contributed by atoms with Gasteiger partial charge in [-0.1, -0.05) is 13.8 Å². The van der Waals surface area contributed by atoms with Crippen LogP contribution in [0.15, 0.2) is 0 Å². The fourth-order valence-electron chi connectivity index (χ4n) is 1.94. The smallest absolute Gasteiger partial charge is 0.0810 e. The second kappa shape index (κ2) is 4.63. The third-order valence-corrected chi connectivity index (χ3v) is 3.66. The van der Waals surface area contributed by atoms with Crippen molar-refractivity contribution in [2.75, 3.05) is 13.2 Å². The molecule has 0 aliphatic carbocycles. The molecule has 2 aliphatic heterocycles. The largest absolute Gasteiger partial charge is 0.373 e. The van der Waals surface area contributed by atoms with Crippen LogP contribution in [-0.4, -0.2) is 25.4 Å². The van der Waals surface area contributed by atoms with Gasteiger partial charge in [0.1, 0.15) is 0 Å². The first-order chi connectivity index (χ1) is 6.75. The van der Waals surface area contributed by atoms with Gasteiger partial charge in [-0.25, -0.2) is 0 Å². The Morgan fingerprint density at radius 2 is 1.29 bits per heavy atom. The third kappa shape index (κ3) is 3.58. The number of hydrogen-bond acceptors (Lipinski definition) is 2. The molecule has 2 fully saturated rings. The summed E-state index contributed by atoms with van der Waals surface area (Å²) >= 11 is 0. The first-order valence-corrected chi connectivity index (χ1v) is 5.99. The predicted molar refractivity (Wildman–Crippen MR) is 56.3 cm³/mol. The lowest BCUT2D eigenvalue weighted by molar-refractivity contribution is 0.293. The van der Waals surface area contributed by atoms with Gasteiger partial charge in [0.2, 0.25) is 0 Å². The molecule has 82 valence electrons. The van der Waals surface area contributed by atoms with E-state index >= 15 is 0 Å². The molecule has 0 bridgehead atoms. The van der Waals surface area contributed by atoms with E-state index < -0.39 is 0 Å². The topological polar surface area (TPSA) is 25.1 Å². The lowest BCUT2D eigenvalue weighted by Crippen LogP contribution is -2.10.